The number of rotatable bonds is 5. The van der Waals surface area contributed by atoms with Crippen molar-refractivity contribution in [2.75, 3.05) is 19.4 Å². The van der Waals surface area contributed by atoms with Gasteiger partial charge in [0.05, 0.1) is 7.11 Å². The number of hydrogen-bond donors (Lipinski definition) is 2. The summed E-state index contributed by atoms with van der Waals surface area (Å²) in [5.74, 6) is 0.810. The lowest BCUT2D eigenvalue weighted by Crippen LogP contribution is -2.00. The summed E-state index contributed by atoms with van der Waals surface area (Å²) >= 11 is 0. The molecule has 0 amide bonds. The van der Waals surface area contributed by atoms with E-state index in [4.69, 9.17) is 16.2 Å². The number of benzene rings is 1. The van der Waals surface area contributed by atoms with Crippen LogP contribution in [0.25, 0.3) is 0 Å². The van der Waals surface area contributed by atoms with Crippen LogP contribution in [0.1, 0.15) is 18.4 Å². The molecule has 1 aromatic carbocycles. The summed E-state index contributed by atoms with van der Waals surface area (Å²) in [6.45, 7) is 0.746. The van der Waals surface area contributed by atoms with E-state index in [-0.39, 0.29) is 0 Å². The third-order valence-electron chi connectivity index (χ3n) is 2.25. The Hall–Kier alpha value is -1.22. The van der Waals surface area contributed by atoms with Gasteiger partial charge in [0.2, 0.25) is 0 Å². The van der Waals surface area contributed by atoms with Gasteiger partial charge in [0, 0.05) is 11.8 Å². The number of anilines is 1. The fourth-order valence-corrected chi connectivity index (χ4v) is 1.39. The third kappa shape index (κ3) is 2.92. The average molecular weight is 194 g/mol. The van der Waals surface area contributed by atoms with E-state index in [1.54, 1.807) is 7.11 Å². The van der Waals surface area contributed by atoms with Crippen LogP contribution < -0.4 is 16.2 Å². The molecule has 78 valence electrons. The predicted octanol–water partition coefficient (Wildman–Crippen LogP) is 1.56. The van der Waals surface area contributed by atoms with Crippen LogP contribution in [0.3, 0.4) is 0 Å². The Labute approximate surface area is 85.0 Å². The van der Waals surface area contributed by atoms with E-state index in [0.29, 0.717) is 0 Å². The highest BCUT2D eigenvalue weighted by Crippen LogP contribution is 2.20. The maximum absolute atomic E-state index is 5.87. The van der Waals surface area contributed by atoms with Crippen molar-refractivity contribution in [1.82, 2.24) is 0 Å². The quantitative estimate of drug-likeness (QED) is 0.552. The Bertz CT molecular complexity index is 287. The molecule has 0 aliphatic heterocycles. The van der Waals surface area contributed by atoms with Gasteiger partial charge in [-0.1, -0.05) is 6.07 Å². The average Bonchev–Trinajstić information content (AvgIpc) is 2.20. The van der Waals surface area contributed by atoms with E-state index in [1.165, 1.54) is 5.56 Å². The van der Waals surface area contributed by atoms with Crippen LogP contribution in [0.4, 0.5) is 5.69 Å². The van der Waals surface area contributed by atoms with Gasteiger partial charge in [-0.2, -0.15) is 0 Å². The van der Waals surface area contributed by atoms with Crippen LogP contribution in [0.5, 0.6) is 5.75 Å². The molecule has 0 atom stereocenters. The highest BCUT2D eigenvalue weighted by atomic mass is 16.5. The Morgan fingerprint density at radius 3 is 2.64 bits per heavy atom. The number of nitrogens with two attached hydrogens (primary N) is 2. The monoisotopic (exact) mass is 194 g/mol. The van der Waals surface area contributed by atoms with Gasteiger partial charge in [-0.3, -0.25) is 0 Å². The fraction of sp³-hybridized carbons (Fsp3) is 0.455. The first-order valence-electron chi connectivity index (χ1n) is 4.90. The van der Waals surface area contributed by atoms with Crippen molar-refractivity contribution in [3.63, 3.8) is 0 Å². The van der Waals surface area contributed by atoms with Gasteiger partial charge in [0.25, 0.3) is 0 Å². The second-order valence-corrected chi connectivity index (χ2v) is 3.31. The van der Waals surface area contributed by atoms with Crippen molar-refractivity contribution in [2.45, 2.75) is 19.3 Å². The van der Waals surface area contributed by atoms with Crippen LogP contribution in [0.15, 0.2) is 18.2 Å². The molecule has 0 radical (unpaired) electrons. The summed E-state index contributed by atoms with van der Waals surface area (Å²) < 4.78 is 5.08. The molecule has 0 fully saturated rings. The van der Waals surface area contributed by atoms with Crippen molar-refractivity contribution < 1.29 is 4.74 Å². The van der Waals surface area contributed by atoms with Gasteiger partial charge in [-0.15, -0.1) is 0 Å². The molecule has 0 aliphatic carbocycles. The van der Waals surface area contributed by atoms with Gasteiger partial charge >= 0.3 is 0 Å². The lowest BCUT2D eigenvalue weighted by atomic mass is 10.1. The molecule has 0 aliphatic rings. The zero-order valence-corrected chi connectivity index (χ0v) is 8.62. The number of nitrogen functional groups attached to an aromatic ring is 1. The number of aryl methyl sites for hydroxylation is 1. The molecule has 4 N–H and O–H groups in total. The van der Waals surface area contributed by atoms with E-state index in [1.807, 2.05) is 18.2 Å². The summed E-state index contributed by atoms with van der Waals surface area (Å²) in [4.78, 5) is 0. The van der Waals surface area contributed by atoms with Crippen LogP contribution in [0, 0.1) is 0 Å². The Kier molecular flexibility index (Phi) is 4.26. The topological polar surface area (TPSA) is 61.3 Å². The van der Waals surface area contributed by atoms with Gasteiger partial charge < -0.3 is 16.2 Å². The lowest BCUT2D eigenvalue weighted by Gasteiger charge is -2.07. The van der Waals surface area contributed by atoms with Gasteiger partial charge in [-0.25, -0.2) is 0 Å². The van der Waals surface area contributed by atoms with Crippen molar-refractivity contribution in [3.8, 4) is 5.75 Å². The van der Waals surface area contributed by atoms with E-state index >= 15 is 0 Å². The maximum atomic E-state index is 5.87. The van der Waals surface area contributed by atoms with Crippen LogP contribution in [-0.4, -0.2) is 13.7 Å². The van der Waals surface area contributed by atoms with Crippen LogP contribution in [-0.2, 0) is 6.42 Å². The summed E-state index contributed by atoms with van der Waals surface area (Å²) in [6.07, 6.45) is 3.13. The number of hydrogen-bond acceptors (Lipinski definition) is 3. The van der Waals surface area contributed by atoms with Gasteiger partial charge in [0.15, 0.2) is 0 Å². The second-order valence-electron chi connectivity index (χ2n) is 3.31. The van der Waals surface area contributed by atoms with Gasteiger partial charge in [0.1, 0.15) is 5.75 Å². The van der Waals surface area contributed by atoms with Crippen molar-refractivity contribution >= 4 is 5.69 Å². The SMILES string of the molecule is COc1ccc(CCCCN)c(N)c1. The molecule has 1 rings (SSSR count). The Balaban J connectivity index is 2.59. The summed E-state index contributed by atoms with van der Waals surface area (Å²) in [5, 5.41) is 0. The first-order valence-corrected chi connectivity index (χ1v) is 4.90. The maximum Gasteiger partial charge on any atom is 0.120 e. The molecule has 3 heteroatoms. The molecule has 1 aromatic rings. The highest BCUT2D eigenvalue weighted by molar-refractivity contribution is 5.51. The van der Waals surface area contributed by atoms with Crippen molar-refractivity contribution in [3.05, 3.63) is 23.8 Å². The molecule has 0 spiro atoms. The number of unbranched alkanes of at least 4 members (excludes halogenated alkanes) is 1. The molecular weight excluding hydrogens is 176 g/mol. The lowest BCUT2D eigenvalue weighted by molar-refractivity contribution is 0.415. The Morgan fingerprint density at radius 1 is 1.29 bits per heavy atom. The Morgan fingerprint density at radius 2 is 2.07 bits per heavy atom. The minimum atomic E-state index is 0.746. The zero-order valence-electron chi connectivity index (χ0n) is 8.62. The smallest absolute Gasteiger partial charge is 0.120 e. The number of ether oxygens (including phenoxy) is 1. The zero-order chi connectivity index (χ0) is 10.4. The first-order chi connectivity index (χ1) is 6.77. The van der Waals surface area contributed by atoms with Crippen molar-refractivity contribution in [2.24, 2.45) is 5.73 Å². The molecule has 0 aromatic heterocycles. The summed E-state index contributed by atoms with van der Waals surface area (Å²) in [7, 11) is 1.64. The molecule has 0 unspecified atom stereocenters. The number of methoxy groups -OCH3 is 1. The third-order valence-corrected chi connectivity index (χ3v) is 2.25. The minimum Gasteiger partial charge on any atom is -0.497 e. The summed E-state index contributed by atoms with van der Waals surface area (Å²) in [5.41, 5.74) is 13.3. The predicted molar refractivity (Wildman–Crippen MR) is 59.4 cm³/mol. The largest absolute Gasteiger partial charge is 0.497 e. The molecule has 0 saturated carbocycles. The van der Waals surface area contributed by atoms with E-state index in [2.05, 4.69) is 0 Å². The van der Waals surface area contributed by atoms with Crippen molar-refractivity contribution in [1.29, 1.82) is 0 Å². The molecule has 0 bridgehead atoms. The summed E-state index contributed by atoms with van der Waals surface area (Å²) in [6, 6.07) is 5.82. The standard InChI is InChI=1S/C11H18N2O/c1-14-10-6-5-9(11(13)8-10)4-2-3-7-12/h5-6,8H,2-4,7,12-13H2,1H3. The molecule has 0 saturated heterocycles. The molecular formula is C11H18N2O. The van der Waals surface area contributed by atoms with E-state index in [0.717, 1.165) is 37.2 Å². The van der Waals surface area contributed by atoms with E-state index < -0.39 is 0 Å². The van der Waals surface area contributed by atoms with Crippen LogP contribution in [0.2, 0.25) is 0 Å². The first kappa shape index (κ1) is 10.9. The minimum absolute atomic E-state index is 0.746. The second kappa shape index (κ2) is 5.50. The molecule has 3 nitrogen and oxygen atoms in total. The fourth-order valence-electron chi connectivity index (χ4n) is 1.39. The highest BCUT2D eigenvalue weighted by Gasteiger charge is 2.00. The normalized spacial score (nSPS) is 10.1. The van der Waals surface area contributed by atoms with Crippen LogP contribution >= 0.6 is 0 Å². The van der Waals surface area contributed by atoms with E-state index in [9.17, 15) is 0 Å². The van der Waals surface area contributed by atoms with Gasteiger partial charge in [-0.05, 0) is 37.4 Å². The molecule has 14 heavy (non-hydrogen) atoms. The molecule has 0 heterocycles.